The maximum Gasteiger partial charge on any atom is 0.190 e. The van der Waals surface area contributed by atoms with Crippen LogP contribution >= 0.6 is 11.3 Å². The van der Waals surface area contributed by atoms with Crippen LogP contribution in [0.3, 0.4) is 0 Å². The minimum absolute atomic E-state index is 0.611. The average molecular weight is 245 g/mol. The lowest BCUT2D eigenvalue weighted by atomic mass is 10.3. The Morgan fingerprint density at radius 2 is 2.06 bits per heavy atom. The fraction of sp³-hybridized carbons (Fsp3) is 0.167. The van der Waals surface area contributed by atoms with Crippen molar-refractivity contribution in [3.63, 3.8) is 0 Å². The van der Waals surface area contributed by atoms with E-state index in [1.807, 2.05) is 36.2 Å². The molecular formula is C12H11N3OS. The summed E-state index contributed by atoms with van der Waals surface area (Å²) in [6, 6.07) is 9.77. The summed E-state index contributed by atoms with van der Waals surface area (Å²) in [5.74, 6) is 0.819. The van der Waals surface area contributed by atoms with Crippen molar-refractivity contribution in [2.45, 2.75) is 0 Å². The Morgan fingerprint density at radius 1 is 1.35 bits per heavy atom. The van der Waals surface area contributed by atoms with Gasteiger partial charge in [-0.15, -0.1) is 0 Å². The minimum atomic E-state index is 0.611. The van der Waals surface area contributed by atoms with Crippen molar-refractivity contribution in [3.05, 3.63) is 35.3 Å². The summed E-state index contributed by atoms with van der Waals surface area (Å²) in [4.78, 5) is 6.74. The van der Waals surface area contributed by atoms with Crippen molar-refractivity contribution in [2.24, 2.45) is 0 Å². The van der Waals surface area contributed by atoms with Crippen molar-refractivity contribution in [1.82, 2.24) is 4.98 Å². The summed E-state index contributed by atoms with van der Waals surface area (Å²) in [5.41, 5.74) is 1.00. The second kappa shape index (κ2) is 4.85. The van der Waals surface area contributed by atoms with Gasteiger partial charge in [-0.3, -0.25) is 0 Å². The van der Waals surface area contributed by atoms with Gasteiger partial charge in [-0.05, 0) is 24.3 Å². The molecule has 0 unspecified atom stereocenters. The highest BCUT2D eigenvalue weighted by Crippen LogP contribution is 2.28. The normalized spacial score (nSPS) is 9.71. The molecule has 5 heteroatoms. The number of methoxy groups -OCH3 is 1. The molecule has 0 aliphatic heterocycles. The summed E-state index contributed by atoms with van der Waals surface area (Å²) in [6.45, 7) is 0. The summed E-state index contributed by atoms with van der Waals surface area (Å²) in [5, 5.41) is 9.55. The summed E-state index contributed by atoms with van der Waals surface area (Å²) in [6.07, 6.45) is 1.58. The molecular weight excluding hydrogens is 234 g/mol. The molecule has 0 saturated heterocycles. The van der Waals surface area contributed by atoms with Gasteiger partial charge in [-0.1, -0.05) is 11.3 Å². The number of thiazole rings is 1. The third-order valence-corrected chi connectivity index (χ3v) is 3.33. The molecule has 0 spiro atoms. The first-order valence-electron chi connectivity index (χ1n) is 4.98. The van der Waals surface area contributed by atoms with Crippen molar-refractivity contribution in [3.8, 4) is 11.8 Å². The molecule has 0 bridgehead atoms. The molecule has 0 amide bonds. The number of ether oxygens (including phenoxy) is 1. The van der Waals surface area contributed by atoms with Crippen LogP contribution in [-0.2, 0) is 0 Å². The largest absolute Gasteiger partial charge is 0.497 e. The van der Waals surface area contributed by atoms with Gasteiger partial charge in [0.15, 0.2) is 5.13 Å². The van der Waals surface area contributed by atoms with E-state index >= 15 is 0 Å². The van der Waals surface area contributed by atoms with Gasteiger partial charge in [-0.2, -0.15) is 5.26 Å². The highest BCUT2D eigenvalue weighted by atomic mass is 32.1. The summed E-state index contributed by atoms with van der Waals surface area (Å²) in [7, 11) is 3.56. The number of anilines is 2. The number of hydrogen-bond acceptors (Lipinski definition) is 5. The van der Waals surface area contributed by atoms with Crippen LogP contribution in [0.15, 0.2) is 30.5 Å². The molecule has 86 valence electrons. The molecule has 0 radical (unpaired) electrons. The fourth-order valence-corrected chi connectivity index (χ4v) is 2.08. The lowest BCUT2D eigenvalue weighted by Crippen LogP contribution is -2.08. The molecule has 1 aromatic heterocycles. The van der Waals surface area contributed by atoms with Crippen LogP contribution < -0.4 is 9.64 Å². The third-order valence-electron chi connectivity index (χ3n) is 2.35. The first-order valence-corrected chi connectivity index (χ1v) is 5.80. The highest BCUT2D eigenvalue weighted by molar-refractivity contribution is 7.16. The van der Waals surface area contributed by atoms with Gasteiger partial charge in [0.25, 0.3) is 0 Å². The van der Waals surface area contributed by atoms with Crippen molar-refractivity contribution in [2.75, 3.05) is 19.1 Å². The van der Waals surface area contributed by atoms with E-state index in [0.717, 1.165) is 16.6 Å². The van der Waals surface area contributed by atoms with Crippen molar-refractivity contribution in [1.29, 1.82) is 5.26 Å². The van der Waals surface area contributed by atoms with Gasteiger partial charge >= 0.3 is 0 Å². The number of hydrogen-bond donors (Lipinski definition) is 0. The Morgan fingerprint density at radius 3 is 2.59 bits per heavy atom. The van der Waals surface area contributed by atoms with E-state index in [-0.39, 0.29) is 0 Å². The van der Waals surface area contributed by atoms with Crippen LogP contribution in [0.25, 0.3) is 0 Å². The van der Waals surface area contributed by atoms with E-state index in [1.165, 1.54) is 11.3 Å². The van der Waals surface area contributed by atoms with Gasteiger partial charge in [0.1, 0.15) is 16.7 Å². The van der Waals surface area contributed by atoms with E-state index in [2.05, 4.69) is 11.1 Å². The molecule has 4 nitrogen and oxygen atoms in total. The first kappa shape index (κ1) is 11.4. The van der Waals surface area contributed by atoms with Gasteiger partial charge in [0, 0.05) is 12.7 Å². The molecule has 0 saturated carbocycles. The molecule has 0 fully saturated rings. The average Bonchev–Trinajstić information content (AvgIpc) is 2.87. The second-order valence-corrected chi connectivity index (χ2v) is 4.39. The predicted molar refractivity (Wildman–Crippen MR) is 67.9 cm³/mol. The van der Waals surface area contributed by atoms with Gasteiger partial charge < -0.3 is 9.64 Å². The Hall–Kier alpha value is -2.06. The van der Waals surface area contributed by atoms with E-state index in [0.29, 0.717) is 4.88 Å². The van der Waals surface area contributed by atoms with Gasteiger partial charge in [-0.25, -0.2) is 4.98 Å². The van der Waals surface area contributed by atoms with Crippen LogP contribution in [-0.4, -0.2) is 19.1 Å². The molecule has 1 aromatic carbocycles. The number of benzene rings is 1. The molecule has 0 aliphatic carbocycles. The predicted octanol–water partition coefficient (Wildman–Crippen LogP) is 2.79. The number of nitriles is 1. The van der Waals surface area contributed by atoms with Gasteiger partial charge in [0.2, 0.25) is 0 Å². The standard InChI is InChI=1S/C12H11N3OS/c1-15(12-14-8-11(7-13)17-12)9-3-5-10(16-2)6-4-9/h3-6,8H,1-2H3. The maximum absolute atomic E-state index is 8.76. The Labute approximate surface area is 104 Å². The Kier molecular flexibility index (Phi) is 3.26. The fourth-order valence-electron chi connectivity index (χ4n) is 1.39. The van der Waals surface area contributed by atoms with E-state index < -0.39 is 0 Å². The second-order valence-electron chi connectivity index (χ2n) is 3.38. The monoisotopic (exact) mass is 245 g/mol. The van der Waals surface area contributed by atoms with E-state index in [9.17, 15) is 0 Å². The van der Waals surface area contributed by atoms with Crippen molar-refractivity contribution >= 4 is 22.2 Å². The number of nitrogens with zero attached hydrogens (tertiary/aromatic N) is 3. The minimum Gasteiger partial charge on any atom is -0.497 e. The number of rotatable bonds is 3. The lowest BCUT2D eigenvalue weighted by molar-refractivity contribution is 0.415. The summed E-state index contributed by atoms with van der Waals surface area (Å²) >= 11 is 1.37. The van der Waals surface area contributed by atoms with E-state index in [1.54, 1.807) is 13.3 Å². The third kappa shape index (κ3) is 2.37. The van der Waals surface area contributed by atoms with Crippen LogP contribution in [0.2, 0.25) is 0 Å². The van der Waals surface area contributed by atoms with Crippen LogP contribution in [0.1, 0.15) is 4.88 Å². The molecule has 2 rings (SSSR count). The topological polar surface area (TPSA) is 49.1 Å². The Balaban J connectivity index is 2.24. The van der Waals surface area contributed by atoms with E-state index in [4.69, 9.17) is 10.00 Å². The van der Waals surface area contributed by atoms with Gasteiger partial charge in [0.05, 0.1) is 13.3 Å². The van der Waals surface area contributed by atoms with Crippen molar-refractivity contribution < 1.29 is 4.74 Å². The number of aromatic nitrogens is 1. The summed E-state index contributed by atoms with van der Waals surface area (Å²) < 4.78 is 5.10. The zero-order valence-corrected chi connectivity index (χ0v) is 10.4. The smallest absolute Gasteiger partial charge is 0.190 e. The molecule has 2 aromatic rings. The molecule has 0 atom stereocenters. The quantitative estimate of drug-likeness (QED) is 0.834. The molecule has 1 heterocycles. The molecule has 0 N–H and O–H groups in total. The lowest BCUT2D eigenvalue weighted by Gasteiger charge is -2.15. The highest BCUT2D eigenvalue weighted by Gasteiger charge is 2.08. The van der Waals surface area contributed by atoms with Crippen LogP contribution in [0, 0.1) is 11.3 Å². The van der Waals surface area contributed by atoms with Crippen LogP contribution in [0.4, 0.5) is 10.8 Å². The maximum atomic E-state index is 8.76. The Bertz CT molecular complexity index is 542. The SMILES string of the molecule is COc1ccc(N(C)c2ncc(C#N)s2)cc1. The zero-order chi connectivity index (χ0) is 12.3. The first-order chi connectivity index (χ1) is 8.24. The van der Waals surface area contributed by atoms with Crippen LogP contribution in [0.5, 0.6) is 5.75 Å². The molecule has 0 aliphatic rings. The zero-order valence-electron chi connectivity index (χ0n) is 9.54. The molecule has 17 heavy (non-hydrogen) atoms.